The molecule has 0 saturated heterocycles. The quantitative estimate of drug-likeness (QED) is 0.750. The van der Waals surface area contributed by atoms with Gasteiger partial charge in [-0.05, 0) is 47.0 Å². The largest absolute Gasteiger partial charge is 0.360 e. The van der Waals surface area contributed by atoms with Gasteiger partial charge in [0.15, 0.2) is 5.82 Å². The minimum absolute atomic E-state index is 0.285. The van der Waals surface area contributed by atoms with Crippen molar-refractivity contribution in [1.82, 2.24) is 20.0 Å². The second-order valence-corrected chi connectivity index (χ2v) is 5.58. The van der Waals surface area contributed by atoms with Crippen LogP contribution in [0, 0.1) is 13.8 Å². The molecule has 124 valence electrons. The second kappa shape index (κ2) is 7.68. The Morgan fingerprint density at radius 1 is 1.26 bits per heavy atom. The monoisotopic (exact) mass is 318 g/mol. The Kier molecular flexibility index (Phi) is 5.64. The normalized spacial score (nSPS) is 10.8. The van der Waals surface area contributed by atoms with Gasteiger partial charge in [0.05, 0.1) is 0 Å². The molecule has 0 aliphatic heterocycles. The van der Waals surface area contributed by atoms with Crippen LogP contribution in [0.1, 0.15) is 28.4 Å². The number of aromatic nitrogens is 3. The maximum atomic E-state index is 12.2. The molecular weight excluding hydrogens is 296 g/mol. The highest BCUT2D eigenvalue weighted by molar-refractivity contribution is 6.02. The summed E-state index contributed by atoms with van der Waals surface area (Å²) in [5.41, 5.74) is 1.00. The SMILES string of the molecule is Cc1cc(C(=O)Nc2cc(C)on2)nc(NCCCN(C)C)n1. The Morgan fingerprint density at radius 3 is 2.70 bits per heavy atom. The van der Waals surface area contributed by atoms with E-state index in [0.717, 1.165) is 25.2 Å². The van der Waals surface area contributed by atoms with Crippen LogP contribution >= 0.6 is 0 Å². The van der Waals surface area contributed by atoms with E-state index >= 15 is 0 Å². The van der Waals surface area contributed by atoms with E-state index < -0.39 is 0 Å². The van der Waals surface area contributed by atoms with E-state index in [-0.39, 0.29) is 11.6 Å². The standard InChI is InChI=1S/C15H22N6O2/c1-10-8-12(14(22)19-13-9-11(2)23-20-13)18-15(17-10)16-6-5-7-21(3)4/h8-9H,5-7H2,1-4H3,(H,16,17,18)(H,19,20,22). The smallest absolute Gasteiger partial charge is 0.275 e. The fourth-order valence-corrected chi connectivity index (χ4v) is 1.97. The van der Waals surface area contributed by atoms with Crippen molar-refractivity contribution >= 4 is 17.7 Å². The van der Waals surface area contributed by atoms with E-state index in [9.17, 15) is 4.79 Å². The maximum absolute atomic E-state index is 12.2. The minimum Gasteiger partial charge on any atom is -0.360 e. The van der Waals surface area contributed by atoms with E-state index in [2.05, 4.69) is 30.7 Å². The van der Waals surface area contributed by atoms with Gasteiger partial charge < -0.3 is 20.1 Å². The summed E-state index contributed by atoms with van der Waals surface area (Å²) in [4.78, 5) is 22.9. The van der Waals surface area contributed by atoms with Crippen molar-refractivity contribution < 1.29 is 9.32 Å². The van der Waals surface area contributed by atoms with Gasteiger partial charge in [0.1, 0.15) is 11.5 Å². The van der Waals surface area contributed by atoms with Crippen molar-refractivity contribution in [1.29, 1.82) is 0 Å². The third-order valence-corrected chi connectivity index (χ3v) is 3.02. The molecule has 0 radical (unpaired) electrons. The number of carbonyl (C=O) groups excluding carboxylic acids is 1. The summed E-state index contributed by atoms with van der Waals surface area (Å²) in [7, 11) is 4.05. The molecule has 2 rings (SSSR count). The highest BCUT2D eigenvalue weighted by Crippen LogP contribution is 2.10. The van der Waals surface area contributed by atoms with Crippen molar-refractivity contribution in [2.45, 2.75) is 20.3 Å². The molecule has 0 spiro atoms. The average molecular weight is 318 g/mol. The molecule has 0 aromatic carbocycles. The summed E-state index contributed by atoms with van der Waals surface area (Å²) in [6.07, 6.45) is 0.962. The summed E-state index contributed by atoms with van der Waals surface area (Å²) in [6, 6.07) is 3.28. The number of rotatable bonds is 7. The Morgan fingerprint density at radius 2 is 2.04 bits per heavy atom. The molecule has 2 aromatic rings. The summed E-state index contributed by atoms with van der Waals surface area (Å²) in [5.74, 6) is 1.09. The third-order valence-electron chi connectivity index (χ3n) is 3.02. The number of nitrogens with zero attached hydrogens (tertiary/aromatic N) is 4. The molecular formula is C15H22N6O2. The lowest BCUT2D eigenvalue weighted by molar-refractivity contribution is 0.102. The van der Waals surface area contributed by atoms with Gasteiger partial charge in [-0.25, -0.2) is 9.97 Å². The van der Waals surface area contributed by atoms with E-state index in [1.54, 1.807) is 19.1 Å². The first kappa shape index (κ1) is 16.9. The van der Waals surface area contributed by atoms with E-state index in [0.29, 0.717) is 17.5 Å². The predicted octanol–water partition coefficient (Wildman–Crippen LogP) is 1.70. The number of aryl methyl sites for hydroxylation is 2. The zero-order valence-corrected chi connectivity index (χ0v) is 13.9. The zero-order valence-electron chi connectivity index (χ0n) is 13.9. The lowest BCUT2D eigenvalue weighted by Gasteiger charge is -2.10. The Labute approximate surface area is 135 Å². The highest BCUT2D eigenvalue weighted by Gasteiger charge is 2.12. The molecule has 23 heavy (non-hydrogen) atoms. The molecule has 0 unspecified atom stereocenters. The Hall–Kier alpha value is -2.48. The van der Waals surface area contributed by atoms with Crippen molar-refractivity contribution in [2.75, 3.05) is 37.8 Å². The van der Waals surface area contributed by atoms with Crippen molar-refractivity contribution in [3.05, 3.63) is 29.3 Å². The highest BCUT2D eigenvalue weighted by atomic mass is 16.5. The predicted molar refractivity (Wildman–Crippen MR) is 87.6 cm³/mol. The van der Waals surface area contributed by atoms with Crippen LogP contribution in [-0.4, -0.2) is 53.1 Å². The van der Waals surface area contributed by atoms with Gasteiger partial charge in [-0.3, -0.25) is 4.79 Å². The van der Waals surface area contributed by atoms with Gasteiger partial charge in [-0.2, -0.15) is 0 Å². The number of amides is 1. The maximum Gasteiger partial charge on any atom is 0.275 e. The van der Waals surface area contributed by atoms with Gasteiger partial charge in [-0.15, -0.1) is 0 Å². The molecule has 0 atom stereocenters. The lowest BCUT2D eigenvalue weighted by Crippen LogP contribution is -2.19. The van der Waals surface area contributed by atoms with Crippen molar-refractivity contribution in [3.63, 3.8) is 0 Å². The van der Waals surface area contributed by atoms with Crippen molar-refractivity contribution in [3.8, 4) is 0 Å². The van der Waals surface area contributed by atoms with Gasteiger partial charge in [0.25, 0.3) is 5.91 Å². The first-order valence-electron chi connectivity index (χ1n) is 7.43. The Bertz CT molecular complexity index is 668. The summed E-state index contributed by atoms with van der Waals surface area (Å²) in [6.45, 7) is 5.29. The van der Waals surface area contributed by atoms with E-state index in [1.165, 1.54) is 0 Å². The van der Waals surface area contributed by atoms with Gasteiger partial charge in [0.2, 0.25) is 5.95 Å². The molecule has 8 heteroatoms. The molecule has 0 aliphatic carbocycles. The molecule has 2 aromatic heterocycles. The zero-order chi connectivity index (χ0) is 16.8. The Balaban J connectivity index is 1.99. The second-order valence-electron chi connectivity index (χ2n) is 5.58. The lowest BCUT2D eigenvalue weighted by atomic mass is 10.3. The first-order valence-corrected chi connectivity index (χ1v) is 7.43. The van der Waals surface area contributed by atoms with Crippen LogP contribution in [-0.2, 0) is 0 Å². The fraction of sp³-hybridized carbons (Fsp3) is 0.467. The first-order chi connectivity index (χ1) is 10.9. The third kappa shape index (κ3) is 5.33. The van der Waals surface area contributed by atoms with Crippen LogP contribution in [0.25, 0.3) is 0 Å². The topological polar surface area (TPSA) is 96.2 Å². The molecule has 0 bridgehead atoms. The van der Waals surface area contributed by atoms with Crippen LogP contribution in [0.4, 0.5) is 11.8 Å². The molecule has 2 N–H and O–H groups in total. The van der Waals surface area contributed by atoms with Gasteiger partial charge >= 0.3 is 0 Å². The minimum atomic E-state index is -0.347. The molecule has 0 aliphatic rings. The van der Waals surface area contributed by atoms with Gasteiger partial charge in [0, 0.05) is 18.3 Å². The fourth-order valence-electron chi connectivity index (χ4n) is 1.97. The number of carbonyl (C=O) groups is 1. The van der Waals surface area contributed by atoms with Crippen LogP contribution in [0.2, 0.25) is 0 Å². The average Bonchev–Trinajstić information content (AvgIpc) is 2.88. The van der Waals surface area contributed by atoms with Crippen LogP contribution in [0.5, 0.6) is 0 Å². The summed E-state index contributed by atoms with van der Waals surface area (Å²) < 4.78 is 4.92. The number of anilines is 2. The molecule has 1 amide bonds. The molecule has 0 fully saturated rings. The van der Waals surface area contributed by atoms with Gasteiger partial charge in [-0.1, -0.05) is 5.16 Å². The number of nitrogens with one attached hydrogen (secondary N) is 2. The van der Waals surface area contributed by atoms with Crippen LogP contribution < -0.4 is 10.6 Å². The summed E-state index contributed by atoms with van der Waals surface area (Å²) in [5, 5.41) is 9.52. The number of hydrogen-bond donors (Lipinski definition) is 2. The van der Waals surface area contributed by atoms with E-state index in [1.807, 2.05) is 21.0 Å². The van der Waals surface area contributed by atoms with Crippen LogP contribution in [0.15, 0.2) is 16.7 Å². The number of hydrogen-bond acceptors (Lipinski definition) is 7. The van der Waals surface area contributed by atoms with E-state index in [4.69, 9.17) is 4.52 Å². The molecule has 2 heterocycles. The molecule has 8 nitrogen and oxygen atoms in total. The van der Waals surface area contributed by atoms with Crippen molar-refractivity contribution in [2.24, 2.45) is 0 Å². The van der Waals surface area contributed by atoms with Crippen LogP contribution in [0.3, 0.4) is 0 Å². The summed E-state index contributed by atoms with van der Waals surface area (Å²) >= 11 is 0. The molecule has 0 saturated carbocycles.